The standard InChI is InChI=1S/C77H107N17O25/c1-8-38(4)63(92-66(107)48(78)29-42-15-19-45(97)20-16-42)74(115)87-50(23-25-61(102)103)68(109)83-39(5)65(106)86-51(24-26-62(104)105)69(110)91-55(32-58(79)99)76(117)94-27-11-14-57(94)73(114)89-52(28-37(2)3)70(111)88-53(30-43-17-21-46(98)22-18-43)71(112)93-64(41(7)96)75(116)90-54(31-44-33-80-49-13-10-9-12-47(44)49)67(108)82-34-59(100)81-35-60(101)85-56(36-95)72(113)84-40(6)77(118)119/h9-10,12-13,15-22,33,37-41,48,50-57,63-64,80,95-98H,8,11,14,23-32,34-36,78H2,1-7H3,(H2,79,99)(H,81,100)(H,82,108)(H,83,109)(H,84,113)(H,85,101)(H,86,106)(H,87,115)(H,88,111)(H,89,114)(H,90,116)(H,91,110)(H,92,107)(H,93,112)(H,102,103)(H,104,105)(H,118,119)/t38-,39-,40-,41+,48-,50-,51-,52-,53-,54-,55-,56-,57-,63-,64-/m0/s1. The quantitative estimate of drug-likeness (QED) is 0.0196. The Bertz CT molecular complexity index is 4290. The fourth-order valence-corrected chi connectivity index (χ4v) is 12.4. The van der Waals surface area contributed by atoms with Crippen LogP contribution in [0.4, 0.5) is 0 Å². The van der Waals surface area contributed by atoms with E-state index in [2.05, 4.69) is 74.1 Å². The number of likely N-dealkylation sites (tertiary alicyclic amines) is 1. The van der Waals surface area contributed by atoms with Gasteiger partial charge in [-0.15, -0.1) is 0 Å². The van der Waals surface area contributed by atoms with Crippen LogP contribution in [0.15, 0.2) is 79.0 Å². The summed E-state index contributed by atoms with van der Waals surface area (Å²) < 4.78 is 0. The van der Waals surface area contributed by atoms with E-state index in [1.807, 2.05) is 0 Å². The van der Waals surface area contributed by atoms with E-state index in [0.717, 1.165) is 25.7 Å². The van der Waals surface area contributed by atoms with Gasteiger partial charge in [-0.05, 0) is 118 Å². The maximum Gasteiger partial charge on any atom is 0.325 e. The fraction of sp³-hybridized carbons (Fsp3) is 0.506. The van der Waals surface area contributed by atoms with Crippen LogP contribution in [0.1, 0.15) is 123 Å². The number of fused-ring (bicyclic) bond motifs is 1. The Labute approximate surface area is 682 Å². The highest BCUT2D eigenvalue weighted by atomic mass is 16.4. The number of aliphatic hydroxyl groups is 2. The molecule has 5 rings (SSSR count). The number of primary amides is 1. The van der Waals surface area contributed by atoms with Gasteiger partial charge in [-0.3, -0.25) is 86.3 Å². The number of nitrogens with two attached hydrogens (primary N) is 2. The van der Waals surface area contributed by atoms with E-state index < -0.39 is 255 Å². The van der Waals surface area contributed by atoms with Gasteiger partial charge in [0.2, 0.25) is 88.6 Å². The number of carboxylic acids is 3. The minimum Gasteiger partial charge on any atom is -0.508 e. The first kappa shape index (κ1) is 96.7. The number of carboxylic acid groups (broad SMARTS) is 3. The summed E-state index contributed by atoms with van der Waals surface area (Å²) in [6, 6.07) is -2.70. The number of phenolic OH excluding ortho intramolecular Hbond substituents is 2. The van der Waals surface area contributed by atoms with Crippen molar-refractivity contribution in [3.8, 4) is 11.5 Å². The number of H-pyrrole nitrogens is 1. The number of aromatic amines is 1. The van der Waals surface area contributed by atoms with Crippen molar-refractivity contribution in [3.05, 3.63) is 95.7 Å². The molecule has 0 bridgehead atoms. The Morgan fingerprint density at radius 1 is 0.513 bits per heavy atom. The zero-order valence-corrected chi connectivity index (χ0v) is 66.6. The van der Waals surface area contributed by atoms with Crippen LogP contribution in [0.5, 0.6) is 11.5 Å². The molecule has 42 heteroatoms. The minimum atomic E-state index is -1.92. The van der Waals surface area contributed by atoms with Crippen LogP contribution in [0, 0.1) is 11.8 Å². The van der Waals surface area contributed by atoms with Crippen LogP contribution in [0.2, 0.25) is 0 Å². The molecule has 4 aromatic rings. The number of hydrogen-bond acceptors (Lipinski definition) is 23. The summed E-state index contributed by atoms with van der Waals surface area (Å²) in [6.07, 6.45) is -4.32. The maximum atomic E-state index is 14.7. The van der Waals surface area contributed by atoms with Gasteiger partial charge in [-0.1, -0.05) is 76.6 Å². The third-order valence-electron chi connectivity index (χ3n) is 19.3. The number of aliphatic carboxylic acids is 3. The minimum absolute atomic E-state index is 0.00328. The summed E-state index contributed by atoms with van der Waals surface area (Å²) >= 11 is 0. The normalized spacial score (nSPS) is 16.0. The average molecular weight is 1670 g/mol. The molecule has 42 nitrogen and oxygen atoms in total. The molecule has 1 aromatic heterocycles. The van der Waals surface area contributed by atoms with E-state index in [0.29, 0.717) is 34.0 Å². The largest absolute Gasteiger partial charge is 0.508 e. The van der Waals surface area contributed by atoms with Crippen molar-refractivity contribution < 1.29 is 122 Å². The van der Waals surface area contributed by atoms with Crippen LogP contribution in [0.3, 0.4) is 0 Å². The van der Waals surface area contributed by atoms with Crippen molar-refractivity contribution in [2.75, 3.05) is 26.2 Å². The Kier molecular flexibility index (Phi) is 38.0. The number of carbonyl (C=O) groups excluding carboxylic acids is 15. The first-order chi connectivity index (χ1) is 56.1. The molecule has 1 aliphatic rings. The van der Waals surface area contributed by atoms with Gasteiger partial charge in [0.25, 0.3) is 0 Å². The molecule has 25 N–H and O–H groups in total. The molecule has 650 valence electrons. The number of aromatic nitrogens is 1. The molecule has 119 heavy (non-hydrogen) atoms. The van der Waals surface area contributed by atoms with Crippen molar-refractivity contribution in [1.29, 1.82) is 0 Å². The number of amides is 15. The lowest BCUT2D eigenvalue weighted by Gasteiger charge is -2.31. The molecular weight excluding hydrogens is 1560 g/mol. The number of aromatic hydroxyl groups is 2. The molecule has 1 saturated heterocycles. The van der Waals surface area contributed by atoms with Gasteiger partial charge in [0.1, 0.15) is 84.0 Å². The summed E-state index contributed by atoms with van der Waals surface area (Å²) in [4.78, 5) is 247. The smallest absolute Gasteiger partial charge is 0.325 e. The van der Waals surface area contributed by atoms with Gasteiger partial charge in [-0.25, -0.2) is 0 Å². The monoisotopic (exact) mass is 1670 g/mol. The second kappa shape index (κ2) is 46.8. The molecule has 1 aliphatic heterocycles. The lowest BCUT2D eigenvalue weighted by Crippen LogP contribution is -2.62. The molecule has 15 amide bonds. The Balaban J connectivity index is 1.32. The van der Waals surface area contributed by atoms with E-state index in [1.54, 1.807) is 70.3 Å². The van der Waals surface area contributed by atoms with Crippen molar-refractivity contribution in [2.24, 2.45) is 23.3 Å². The van der Waals surface area contributed by atoms with Crippen molar-refractivity contribution in [2.45, 2.75) is 210 Å². The number of aliphatic hydroxyl groups excluding tert-OH is 2. The summed E-state index contributed by atoms with van der Waals surface area (Å²) in [5.41, 5.74) is 13.8. The molecule has 0 unspecified atom stereocenters. The Morgan fingerprint density at radius 3 is 1.57 bits per heavy atom. The lowest BCUT2D eigenvalue weighted by molar-refractivity contribution is -0.143. The van der Waals surface area contributed by atoms with Crippen LogP contribution in [-0.4, -0.2) is 263 Å². The molecular formula is C77H107N17O25. The third kappa shape index (κ3) is 31.3. The van der Waals surface area contributed by atoms with Crippen LogP contribution >= 0.6 is 0 Å². The topological polar surface area (TPSA) is 676 Å². The van der Waals surface area contributed by atoms with Crippen molar-refractivity contribution in [3.63, 3.8) is 0 Å². The van der Waals surface area contributed by atoms with Crippen LogP contribution < -0.4 is 80.6 Å². The predicted octanol–water partition coefficient (Wildman–Crippen LogP) is -5.31. The van der Waals surface area contributed by atoms with Gasteiger partial charge < -0.3 is 126 Å². The summed E-state index contributed by atoms with van der Waals surface area (Å²) in [5, 5.41) is 101. The molecule has 2 heterocycles. The summed E-state index contributed by atoms with van der Waals surface area (Å²) in [6.45, 7) is 7.30. The third-order valence-corrected chi connectivity index (χ3v) is 19.3. The number of rotatable bonds is 48. The highest BCUT2D eigenvalue weighted by Gasteiger charge is 2.42. The molecule has 0 radical (unpaired) electrons. The Morgan fingerprint density at radius 2 is 1.01 bits per heavy atom. The zero-order chi connectivity index (χ0) is 88.7. The van der Waals surface area contributed by atoms with E-state index in [1.165, 1.54) is 36.4 Å². The van der Waals surface area contributed by atoms with E-state index in [9.17, 15) is 117 Å². The highest BCUT2D eigenvalue weighted by molar-refractivity contribution is 6.01. The number of nitrogens with one attached hydrogen (secondary N) is 14. The highest BCUT2D eigenvalue weighted by Crippen LogP contribution is 2.23. The maximum absolute atomic E-state index is 14.7. The summed E-state index contributed by atoms with van der Waals surface area (Å²) in [7, 11) is 0. The fourth-order valence-electron chi connectivity index (χ4n) is 12.4. The number of benzene rings is 3. The molecule has 15 atom stereocenters. The number of hydrogen-bond donors (Lipinski definition) is 23. The molecule has 0 aliphatic carbocycles. The van der Waals surface area contributed by atoms with Crippen LogP contribution in [0.25, 0.3) is 10.9 Å². The second-order valence-corrected chi connectivity index (χ2v) is 29.3. The van der Waals surface area contributed by atoms with E-state index >= 15 is 0 Å². The van der Waals surface area contributed by atoms with Crippen LogP contribution in [-0.2, 0) is 106 Å². The van der Waals surface area contributed by atoms with Gasteiger partial charge in [0.05, 0.1) is 38.3 Å². The van der Waals surface area contributed by atoms with Gasteiger partial charge in [0, 0.05) is 49.3 Å². The number of carbonyl (C=O) groups is 18. The van der Waals surface area contributed by atoms with Crippen molar-refractivity contribution in [1.82, 2.24) is 79.0 Å². The molecule has 3 aromatic carbocycles. The van der Waals surface area contributed by atoms with Crippen molar-refractivity contribution >= 4 is 117 Å². The lowest BCUT2D eigenvalue weighted by atomic mass is 9.96. The van der Waals surface area contributed by atoms with E-state index in [4.69, 9.17) is 16.6 Å². The van der Waals surface area contributed by atoms with Gasteiger partial charge in [0.15, 0.2) is 0 Å². The average Bonchev–Trinajstić information content (AvgIpc) is 1.73. The van der Waals surface area contributed by atoms with Gasteiger partial charge in [-0.2, -0.15) is 0 Å². The molecule has 0 saturated carbocycles. The molecule has 0 spiro atoms. The zero-order valence-electron chi connectivity index (χ0n) is 66.6. The second-order valence-electron chi connectivity index (χ2n) is 29.3. The van der Waals surface area contributed by atoms with E-state index in [-0.39, 0.29) is 56.6 Å². The molecule has 1 fully saturated rings. The number of phenols is 2. The first-order valence-corrected chi connectivity index (χ1v) is 38.4. The van der Waals surface area contributed by atoms with Gasteiger partial charge >= 0.3 is 17.9 Å². The SMILES string of the molecule is CC[C@H](C)[C@H](NC(=O)[C@@H](N)Cc1ccc(O)cc1)C(=O)N[C@@H](CCC(=O)O)C(=O)N[C@@H](C)C(=O)N[C@@H](CCC(=O)O)C(=O)N[C@@H](CC(N)=O)C(=O)N1CCC[C@H]1C(=O)N[C@@H](CC(C)C)C(=O)N[C@@H](Cc1ccc(O)cc1)C(=O)N[C@H](C(=O)N[C@@H](Cc1c[nH]c2ccccc12)C(=O)NCC(=O)NCC(=O)N[C@@H](CO)C(=O)N[C@@H](C)C(=O)O)[C@@H](C)O. The summed E-state index contributed by atoms with van der Waals surface area (Å²) in [5.74, 6) is -21.2. The predicted molar refractivity (Wildman–Crippen MR) is 420 cm³/mol. The number of nitrogens with zero attached hydrogens (tertiary/aromatic N) is 1. The Hall–Kier alpha value is -12.9. The number of para-hydroxylation sites is 1. The first-order valence-electron chi connectivity index (χ1n) is 38.4.